The quantitative estimate of drug-likeness (QED) is 0.829. The van der Waals surface area contributed by atoms with Crippen molar-refractivity contribution in [1.29, 1.82) is 0 Å². The van der Waals surface area contributed by atoms with Crippen molar-refractivity contribution in [1.82, 2.24) is 10.0 Å². The van der Waals surface area contributed by atoms with Crippen LogP contribution in [0.2, 0.25) is 0 Å². The van der Waals surface area contributed by atoms with Gasteiger partial charge in [0.1, 0.15) is 10.7 Å². The molecule has 1 aliphatic rings. The molecule has 0 atom stereocenters. The lowest BCUT2D eigenvalue weighted by Crippen LogP contribution is -2.28. The molecule has 1 saturated carbocycles. The van der Waals surface area contributed by atoms with Crippen LogP contribution in [0, 0.1) is 12.7 Å². The van der Waals surface area contributed by atoms with Gasteiger partial charge in [-0.2, -0.15) is 0 Å². The topological polar surface area (TPSA) is 75.3 Å². The second kappa shape index (κ2) is 6.93. The van der Waals surface area contributed by atoms with E-state index in [0.29, 0.717) is 6.54 Å². The Morgan fingerprint density at radius 3 is 2.60 bits per heavy atom. The lowest BCUT2D eigenvalue weighted by atomic mass is 10.1. The zero-order valence-corrected chi connectivity index (χ0v) is 14.6. The van der Waals surface area contributed by atoms with Crippen molar-refractivity contribution in [2.45, 2.75) is 37.2 Å². The number of aryl methyl sites for hydroxylation is 1. The molecule has 1 fully saturated rings. The molecular formula is C18H19FN2O3S. The summed E-state index contributed by atoms with van der Waals surface area (Å²) in [5.74, 6) is -1.32. The highest BCUT2D eigenvalue weighted by atomic mass is 32.2. The molecule has 0 aromatic heterocycles. The Morgan fingerprint density at radius 2 is 1.92 bits per heavy atom. The van der Waals surface area contributed by atoms with Gasteiger partial charge in [-0.3, -0.25) is 4.79 Å². The number of rotatable bonds is 6. The fourth-order valence-electron chi connectivity index (χ4n) is 2.42. The van der Waals surface area contributed by atoms with E-state index in [-0.39, 0.29) is 11.6 Å². The van der Waals surface area contributed by atoms with Crippen molar-refractivity contribution in [3.05, 3.63) is 65.0 Å². The standard InChI is InChI=1S/C18H19FN2O3S/c1-12-4-2-3-5-14(12)11-20-18(22)13-6-9-16(19)17(10-13)25(23,24)21-15-7-8-15/h2-6,9-10,15,21H,7-8,11H2,1H3,(H,20,22). The highest BCUT2D eigenvalue weighted by molar-refractivity contribution is 7.89. The third kappa shape index (κ3) is 4.24. The van der Waals surface area contributed by atoms with Crippen LogP contribution >= 0.6 is 0 Å². The molecule has 5 nitrogen and oxygen atoms in total. The largest absolute Gasteiger partial charge is 0.348 e. The van der Waals surface area contributed by atoms with Gasteiger partial charge in [0.2, 0.25) is 10.0 Å². The molecular weight excluding hydrogens is 343 g/mol. The van der Waals surface area contributed by atoms with Gasteiger partial charge >= 0.3 is 0 Å². The average Bonchev–Trinajstić information content (AvgIpc) is 3.37. The van der Waals surface area contributed by atoms with Crippen LogP contribution in [-0.2, 0) is 16.6 Å². The molecule has 0 aliphatic heterocycles. The summed E-state index contributed by atoms with van der Waals surface area (Å²) in [7, 11) is -3.96. The Labute approximate surface area is 146 Å². The first-order valence-corrected chi connectivity index (χ1v) is 9.50. The summed E-state index contributed by atoms with van der Waals surface area (Å²) in [4.78, 5) is 11.8. The summed E-state index contributed by atoms with van der Waals surface area (Å²) in [6, 6.07) is 10.8. The third-order valence-electron chi connectivity index (χ3n) is 4.08. The highest BCUT2D eigenvalue weighted by Gasteiger charge is 2.30. The van der Waals surface area contributed by atoms with Gasteiger partial charge < -0.3 is 5.32 Å². The monoisotopic (exact) mass is 362 g/mol. The first kappa shape index (κ1) is 17.6. The molecule has 3 rings (SSSR count). The summed E-state index contributed by atoms with van der Waals surface area (Å²) >= 11 is 0. The number of amides is 1. The summed E-state index contributed by atoms with van der Waals surface area (Å²) in [5.41, 5.74) is 2.10. The van der Waals surface area contributed by atoms with Crippen molar-refractivity contribution in [3.63, 3.8) is 0 Å². The second-order valence-corrected chi connectivity index (χ2v) is 7.83. The fourth-order valence-corrected chi connectivity index (χ4v) is 3.83. The molecule has 7 heteroatoms. The Kier molecular flexibility index (Phi) is 4.87. The van der Waals surface area contributed by atoms with Crippen LogP contribution in [0.3, 0.4) is 0 Å². The minimum atomic E-state index is -3.96. The normalized spacial score (nSPS) is 14.3. The molecule has 132 valence electrons. The molecule has 2 aromatic carbocycles. The Bertz CT molecular complexity index is 908. The number of hydrogen-bond acceptors (Lipinski definition) is 3. The van der Waals surface area contributed by atoms with Crippen LogP contribution in [0.4, 0.5) is 4.39 Å². The van der Waals surface area contributed by atoms with E-state index in [1.165, 1.54) is 6.07 Å². The Hall–Kier alpha value is -2.25. The maximum Gasteiger partial charge on any atom is 0.251 e. The van der Waals surface area contributed by atoms with Gasteiger partial charge in [-0.25, -0.2) is 17.5 Å². The Balaban J connectivity index is 1.77. The van der Waals surface area contributed by atoms with E-state index in [1.54, 1.807) is 0 Å². The van der Waals surface area contributed by atoms with Gasteiger partial charge in [-0.1, -0.05) is 24.3 Å². The number of carbonyl (C=O) groups excluding carboxylic acids is 1. The lowest BCUT2D eigenvalue weighted by molar-refractivity contribution is 0.0950. The molecule has 0 heterocycles. The number of halogens is 1. The second-order valence-electron chi connectivity index (χ2n) is 6.15. The fraction of sp³-hybridized carbons (Fsp3) is 0.278. The first-order valence-electron chi connectivity index (χ1n) is 8.01. The van der Waals surface area contributed by atoms with Gasteiger partial charge in [0.25, 0.3) is 5.91 Å². The van der Waals surface area contributed by atoms with Crippen LogP contribution in [0.15, 0.2) is 47.4 Å². The molecule has 0 saturated heterocycles. The number of carbonyl (C=O) groups is 1. The van der Waals surface area contributed by atoms with Crippen LogP contribution in [0.25, 0.3) is 0 Å². The molecule has 0 bridgehead atoms. The van der Waals surface area contributed by atoms with Gasteiger partial charge in [-0.05, 0) is 49.1 Å². The predicted octanol–water partition coefficient (Wildman–Crippen LogP) is 2.50. The maximum absolute atomic E-state index is 14.0. The molecule has 1 aliphatic carbocycles. The average molecular weight is 362 g/mol. The van der Waals surface area contributed by atoms with Gasteiger partial charge in [0, 0.05) is 18.2 Å². The van der Waals surface area contributed by atoms with E-state index in [1.807, 2.05) is 31.2 Å². The molecule has 0 spiro atoms. The van der Waals surface area contributed by atoms with Crippen molar-refractivity contribution < 1.29 is 17.6 Å². The van der Waals surface area contributed by atoms with Crippen LogP contribution < -0.4 is 10.0 Å². The van der Waals surface area contributed by atoms with Crippen LogP contribution in [-0.4, -0.2) is 20.4 Å². The zero-order valence-electron chi connectivity index (χ0n) is 13.8. The lowest BCUT2D eigenvalue weighted by Gasteiger charge is -2.10. The first-order chi connectivity index (χ1) is 11.9. The minimum Gasteiger partial charge on any atom is -0.348 e. The van der Waals surface area contributed by atoms with Crippen molar-refractivity contribution >= 4 is 15.9 Å². The SMILES string of the molecule is Cc1ccccc1CNC(=O)c1ccc(F)c(S(=O)(=O)NC2CC2)c1. The van der Waals surface area contributed by atoms with Gasteiger partial charge in [-0.15, -0.1) is 0 Å². The third-order valence-corrected chi connectivity index (χ3v) is 5.62. The van der Waals surface area contributed by atoms with E-state index in [0.717, 1.165) is 36.1 Å². The van der Waals surface area contributed by atoms with Gasteiger partial charge in [0.05, 0.1) is 0 Å². The summed E-state index contributed by atoms with van der Waals surface area (Å²) in [5, 5.41) is 2.73. The van der Waals surface area contributed by atoms with Crippen molar-refractivity contribution in [2.75, 3.05) is 0 Å². The number of benzene rings is 2. The van der Waals surface area contributed by atoms with E-state index in [9.17, 15) is 17.6 Å². The summed E-state index contributed by atoms with van der Waals surface area (Å²) in [6.45, 7) is 2.25. The van der Waals surface area contributed by atoms with Crippen LogP contribution in [0.1, 0.15) is 34.3 Å². The molecule has 0 radical (unpaired) electrons. The number of hydrogen-bond donors (Lipinski definition) is 2. The van der Waals surface area contributed by atoms with Crippen LogP contribution in [0.5, 0.6) is 0 Å². The van der Waals surface area contributed by atoms with Gasteiger partial charge in [0.15, 0.2) is 0 Å². The smallest absolute Gasteiger partial charge is 0.251 e. The molecule has 2 aromatic rings. The minimum absolute atomic E-state index is 0.103. The summed E-state index contributed by atoms with van der Waals surface area (Å²) in [6.07, 6.45) is 1.49. The highest BCUT2D eigenvalue weighted by Crippen LogP contribution is 2.24. The van der Waals surface area contributed by atoms with E-state index < -0.39 is 26.6 Å². The van der Waals surface area contributed by atoms with E-state index in [4.69, 9.17) is 0 Å². The molecule has 1 amide bonds. The Morgan fingerprint density at radius 1 is 1.20 bits per heavy atom. The molecule has 0 unspecified atom stereocenters. The number of sulfonamides is 1. The summed E-state index contributed by atoms with van der Waals surface area (Å²) < 4.78 is 40.8. The molecule has 25 heavy (non-hydrogen) atoms. The van der Waals surface area contributed by atoms with E-state index >= 15 is 0 Å². The molecule has 2 N–H and O–H groups in total. The maximum atomic E-state index is 14.0. The van der Waals surface area contributed by atoms with Crippen molar-refractivity contribution in [2.24, 2.45) is 0 Å². The predicted molar refractivity (Wildman–Crippen MR) is 92.1 cm³/mol. The number of nitrogens with one attached hydrogen (secondary N) is 2. The van der Waals surface area contributed by atoms with E-state index in [2.05, 4.69) is 10.0 Å². The van der Waals surface area contributed by atoms with Crippen molar-refractivity contribution in [3.8, 4) is 0 Å². The zero-order chi connectivity index (χ0) is 18.0.